The van der Waals surface area contributed by atoms with E-state index >= 15 is 0 Å². The van der Waals surface area contributed by atoms with Crippen LogP contribution in [-0.4, -0.2) is 50.6 Å². The van der Waals surface area contributed by atoms with E-state index in [0.717, 1.165) is 5.56 Å². The minimum atomic E-state index is -0.189. The number of hydrogen-bond donors (Lipinski definition) is 0. The number of amides is 2. The lowest BCUT2D eigenvalue weighted by Gasteiger charge is -2.20. The number of benzene rings is 1. The van der Waals surface area contributed by atoms with E-state index in [0.29, 0.717) is 37.4 Å². The van der Waals surface area contributed by atoms with Gasteiger partial charge in [0.05, 0.1) is 5.52 Å². The minimum Gasteiger partial charge on any atom is -0.338 e. The molecule has 0 aliphatic heterocycles. The van der Waals surface area contributed by atoms with Crippen LogP contribution in [0.2, 0.25) is 0 Å². The summed E-state index contributed by atoms with van der Waals surface area (Å²) in [5.74, 6) is -0.0751. The largest absolute Gasteiger partial charge is 0.338 e. The number of carbonyl (C=O) groups excluding carboxylic acids is 2. The molecular formula is C22H26N4O2. The van der Waals surface area contributed by atoms with Crippen LogP contribution in [0.15, 0.2) is 54.7 Å². The Kier molecular flexibility index (Phi) is 6.09. The number of pyridine rings is 1. The van der Waals surface area contributed by atoms with Crippen LogP contribution in [-0.2, 0) is 6.54 Å². The summed E-state index contributed by atoms with van der Waals surface area (Å²) in [6, 6.07) is 15.4. The first-order valence-electron chi connectivity index (χ1n) is 9.70. The fraction of sp³-hybridized carbons (Fsp3) is 0.318. The first-order chi connectivity index (χ1) is 13.6. The maximum atomic E-state index is 13.3. The average molecular weight is 378 g/mol. The van der Waals surface area contributed by atoms with Crippen molar-refractivity contribution in [1.82, 2.24) is 19.2 Å². The van der Waals surface area contributed by atoms with Crippen LogP contribution in [0.4, 0.5) is 0 Å². The number of imidazole rings is 1. The first-order valence-corrected chi connectivity index (χ1v) is 9.70. The van der Waals surface area contributed by atoms with Gasteiger partial charge in [-0.3, -0.25) is 14.0 Å². The van der Waals surface area contributed by atoms with Crippen LogP contribution >= 0.6 is 0 Å². The molecule has 3 aromatic rings. The van der Waals surface area contributed by atoms with Crippen molar-refractivity contribution in [2.75, 3.05) is 19.6 Å². The minimum absolute atomic E-state index is 0.154. The molecule has 146 valence electrons. The van der Waals surface area contributed by atoms with Gasteiger partial charge in [-0.25, -0.2) is 4.98 Å². The van der Waals surface area contributed by atoms with Crippen molar-refractivity contribution in [2.24, 2.45) is 0 Å². The molecule has 28 heavy (non-hydrogen) atoms. The molecule has 0 radical (unpaired) electrons. The van der Waals surface area contributed by atoms with Crippen LogP contribution in [0.1, 0.15) is 47.4 Å². The topological polar surface area (TPSA) is 57.9 Å². The highest BCUT2D eigenvalue weighted by Gasteiger charge is 2.26. The second-order valence-electron chi connectivity index (χ2n) is 6.52. The molecule has 0 spiro atoms. The van der Waals surface area contributed by atoms with E-state index in [2.05, 4.69) is 4.98 Å². The number of hydrogen-bond acceptors (Lipinski definition) is 3. The van der Waals surface area contributed by atoms with Crippen LogP contribution in [0.3, 0.4) is 0 Å². The Labute approximate surface area is 165 Å². The summed E-state index contributed by atoms with van der Waals surface area (Å²) in [5.41, 5.74) is 2.03. The van der Waals surface area contributed by atoms with Gasteiger partial charge in [-0.15, -0.1) is 0 Å². The smallest absolute Gasteiger partial charge is 0.290 e. The van der Waals surface area contributed by atoms with Gasteiger partial charge in [-0.2, -0.15) is 0 Å². The zero-order valence-corrected chi connectivity index (χ0v) is 16.6. The highest BCUT2D eigenvalue weighted by molar-refractivity contribution is 6.02. The molecule has 0 N–H and O–H groups in total. The van der Waals surface area contributed by atoms with Gasteiger partial charge in [0, 0.05) is 32.4 Å². The summed E-state index contributed by atoms with van der Waals surface area (Å²) in [4.78, 5) is 34.1. The van der Waals surface area contributed by atoms with Gasteiger partial charge < -0.3 is 9.80 Å². The summed E-state index contributed by atoms with van der Waals surface area (Å²) < 4.78 is 1.72. The van der Waals surface area contributed by atoms with E-state index in [1.165, 1.54) is 0 Å². The van der Waals surface area contributed by atoms with Gasteiger partial charge in [0.25, 0.3) is 11.8 Å². The van der Waals surface area contributed by atoms with Gasteiger partial charge in [0.1, 0.15) is 0 Å². The molecule has 6 heteroatoms. The molecule has 3 rings (SSSR count). The second-order valence-corrected chi connectivity index (χ2v) is 6.52. The normalized spacial score (nSPS) is 10.8. The standard InChI is InChI=1S/C22H26N4O2/c1-4-24(5-2)21(27)19-18-14-10-11-15-26(18)20(23-19)22(28)25(6-3)16-17-12-8-7-9-13-17/h7-15H,4-6,16H2,1-3H3. The highest BCUT2D eigenvalue weighted by atomic mass is 16.2. The van der Waals surface area contributed by atoms with Gasteiger partial charge in [-0.1, -0.05) is 36.4 Å². The van der Waals surface area contributed by atoms with Gasteiger partial charge >= 0.3 is 0 Å². The third kappa shape index (κ3) is 3.76. The Balaban J connectivity index is 2.00. The van der Waals surface area contributed by atoms with Crippen molar-refractivity contribution in [1.29, 1.82) is 0 Å². The predicted octanol–water partition coefficient (Wildman–Crippen LogP) is 3.48. The molecule has 2 heterocycles. The molecule has 1 aromatic carbocycles. The molecule has 0 unspecified atom stereocenters. The van der Waals surface area contributed by atoms with Gasteiger partial charge in [-0.05, 0) is 38.5 Å². The Bertz CT molecular complexity index is 961. The van der Waals surface area contributed by atoms with Crippen molar-refractivity contribution in [3.05, 3.63) is 71.8 Å². The van der Waals surface area contributed by atoms with Crippen LogP contribution < -0.4 is 0 Å². The fourth-order valence-corrected chi connectivity index (χ4v) is 3.28. The zero-order chi connectivity index (χ0) is 20.1. The van der Waals surface area contributed by atoms with E-state index < -0.39 is 0 Å². The maximum absolute atomic E-state index is 13.3. The second kappa shape index (κ2) is 8.69. The summed E-state index contributed by atoms with van der Waals surface area (Å²) in [7, 11) is 0. The monoisotopic (exact) mass is 378 g/mol. The average Bonchev–Trinajstić information content (AvgIpc) is 3.13. The van der Waals surface area contributed by atoms with E-state index in [-0.39, 0.29) is 17.6 Å². The van der Waals surface area contributed by atoms with Crippen molar-refractivity contribution in [3.63, 3.8) is 0 Å². The third-order valence-corrected chi connectivity index (χ3v) is 4.88. The summed E-state index contributed by atoms with van der Waals surface area (Å²) in [6.45, 7) is 8.05. The number of carbonyl (C=O) groups is 2. The Morgan fingerprint density at radius 2 is 1.50 bits per heavy atom. The number of rotatable bonds is 7. The number of fused-ring (bicyclic) bond motifs is 1. The zero-order valence-electron chi connectivity index (χ0n) is 16.6. The third-order valence-electron chi connectivity index (χ3n) is 4.88. The Hall–Kier alpha value is -3.15. The molecule has 0 aliphatic carbocycles. The van der Waals surface area contributed by atoms with E-state index in [4.69, 9.17) is 0 Å². The molecule has 0 fully saturated rings. The van der Waals surface area contributed by atoms with Crippen molar-refractivity contribution in [3.8, 4) is 0 Å². The lowest BCUT2D eigenvalue weighted by atomic mass is 10.2. The lowest BCUT2D eigenvalue weighted by Crippen LogP contribution is -2.32. The van der Waals surface area contributed by atoms with Crippen LogP contribution in [0.5, 0.6) is 0 Å². The predicted molar refractivity (Wildman–Crippen MR) is 109 cm³/mol. The molecular weight excluding hydrogens is 352 g/mol. The first kappa shape index (κ1) is 19.6. The highest BCUT2D eigenvalue weighted by Crippen LogP contribution is 2.18. The van der Waals surface area contributed by atoms with Crippen molar-refractivity contribution >= 4 is 17.3 Å². The van der Waals surface area contributed by atoms with E-state index in [1.807, 2.05) is 69.3 Å². The molecule has 2 aromatic heterocycles. The maximum Gasteiger partial charge on any atom is 0.290 e. The Morgan fingerprint density at radius 1 is 0.857 bits per heavy atom. The quantitative estimate of drug-likeness (QED) is 0.632. The Morgan fingerprint density at radius 3 is 2.14 bits per heavy atom. The van der Waals surface area contributed by atoms with Crippen molar-refractivity contribution < 1.29 is 9.59 Å². The molecule has 6 nitrogen and oxygen atoms in total. The van der Waals surface area contributed by atoms with Gasteiger partial charge in [0.15, 0.2) is 5.69 Å². The fourth-order valence-electron chi connectivity index (χ4n) is 3.28. The molecule has 2 amide bonds. The molecule has 0 bridgehead atoms. The van der Waals surface area contributed by atoms with E-state index in [9.17, 15) is 9.59 Å². The van der Waals surface area contributed by atoms with Crippen molar-refractivity contribution in [2.45, 2.75) is 27.3 Å². The van der Waals surface area contributed by atoms with Gasteiger partial charge in [0.2, 0.25) is 5.82 Å². The molecule has 0 aliphatic rings. The number of aromatic nitrogens is 2. The summed E-state index contributed by atoms with van der Waals surface area (Å²) >= 11 is 0. The summed E-state index contributed by atoms with van der Waals surface area (Å²) in [6.07, 6.45) is 1.78. The van der Waals surface area contributed by atoms with E-state index in [1.54, 1.807) is 20.4 Å². The molecule has 0 saturated heterocycles. The lowest BCUT2D eigenvalue weighted by molar-refractivity contribution is 0.0739. The van der Waals surface area contributed by atoms with Crippen LogP contribution in [0.25, 0.3) is 5.52 Å². The summed E-state index contributed by atoms with van der Waals surface area (Å²) in [5, 5.41) is 0. The SMILES string of the molecule is CCN(CC)C(=O)c1nc(C(=O)N(CC)Cc2ccccc2)n2ccccc12. The molecule has 0 saturated carbocycles. The van der Waals surface area contributed by atoms with Crippen LogP contribution in [0, 0.1) is 0 Å². The number of nitrogens with zero attached hydrogens (tertiary/aromatic N) is 4. The molecule has 0 atom stereocenters.